The van der Waals surface area contributed by atoms with Crippen LogP contribution in [0.5, 0.6) is 0 Å². The fourth-order valence-electron chi connectivity index (χ4n) is 2.80. The van der Waals surface area contributed by atoms with Crippen molar-refractivity contribution in [2.24, 2.45) is 11.7 Å². The van der Waals surface area contributed by atoms with E-state index >= 15 is 0 Å². The number of hydrogen-bond donors (Lipinski definition) is 1. The standard InChI is InChI=1S/C15H22F2N2O/c1-19(10-11-2-4-20-5-3-11)15(9-18)12-6-13(16)8-14(17)7-12/h6-8,11,15H,2-5,9-10,18H2,1H3. The van der Waals surface area contributed by atoms with Crippen LogP contribution < -0.4 is 5.73 Å². The summed E-state index contributed by atoms with van der Waals surface area (Å²) in [6.07, 6.45) is 2.05. The van der Waals surface area contributed by atoms with Crippen molar-refractivity contribution >= 4 is 0 Å². The number of nitrogens with two attached hydrogens (primary N) is 1. The van der Waals surface area contributed by atoms with Crippen LogP contribution in [-0.2, 0) is 4.74 Å². The van der Waals surface area contributed by atoms with Crippen molar-refractivity contribution in [3.05, 3.63) is 35.4 Å². The van der Waals surface area contributed by atoms with Gasteiger partial charge in [-0.1, -0.05) is 0 Å². The van der Waals surface area contributed by atoms with Crippen LogP contribution in [0.3, 0.4) is 0 Å². The Morgan fingerprint density at radius 1 is 1.25 bits per heavy atom. The fourth-order valence-corrected chi connectivity index (χ4v) is 2.80. The largest absolute Gasteiger partial charge is 0.381 e. The van der Waals surface area contributed by atoms with Crippen LogP contribution in [0.15, 0.2) is 18.2 Å². The third-order valence-corrected chi connectivity index (χ3v) is 3.91. The first-order valence-electron chi connectivity index (χ1n) is 7.04. The molecule has 20 heavy (non-hydrogen) atoms. The summed E-state index contributed by atoms with van der Waals surface area (Å²) in [7, 11) is 1.95. The Morgan fingerprint density at radius 3 is 2.40 bits per heavy atom. The molecule has 3 nitrogen and oxygen atoms in total. The van der Waals surface area contributed by atoms with Gasteiger partial charge in [-0.3, -0.25) is 4.90 Å². The van der Waals surface area contributed by atoms with E-state index in [0.717, 1.165) is 38.7 Å². The van der Waals surface area contributed by atoms with Gasteiger partial charge in [0.15, 0.2) is 0 Å². The molecule has 1 heterocycles. The number of halogens is 2. The number of hydrogen-bond acceptors (Lipinski definition) is 3. The fraction of sp³-hybridized carbons (Fsp3) is 0.600. The molecule has 0 amide bonds. The summed E-state index contributed by atoms with van der Waals surface area (Å²) in [5.41, 5.74) is 6.40. The zero-order valence-electron chi connectivity index (χ0n) is 11.8. The smallest absolute Gasteiger partial charge is 0.126 e. The highest BCUT2D eigenvalue weighted by molar-refractivity contribution is 5.22. The Morgan fingerprint density at radius 2 is 1.85 bits per heavy atom. The van der Waals surface area contributed by atoms with Crippen molar-refractivity contribution in [2.45, 2.75) is 18.9 Å². The molecule has 1 aromatic rings. The quantitative estimate of drug-likeness (QED) is 0.902. The molecule has 112 valence electrons. The minimum atomic E-state index is -0.557. The second kappa shape index (κ2) is 7.11. The first-order chi connectivity index (χ1) is 9.60. The summed E-state index contributed by atoms with van der Waals surface area (Å²) in [6, 6.07) is 3.45. The molecule has 1 aliphatic rings. The van der Waals surface area contributed by atoms with Crippen LogP contribution in [0.4, 0.5) is 8.78 Å². The van der Waals surface area contributed by atoms with E-state index in [1.54, 1.807) is 0 Å². The lowest BCUT2D eigenvalue weighted by molar-refractivity contribution is 0.0507. The Bertz CT molecular complexity index is 416. The van der Waals surface area contributed by atoms with Crippen molar-refractivity contribution in [2.75, 3.05) is 33.4 Å². The van der Waals surface area contributed by atoms with E-state index in [-0.39, 0.29) is 6.04 Å². The summed E-state index contributed by atoms with van der Waals surface area (Å²) in [6.45, 7) is 2.78. The second-order valence-corrected chi connectivity index (χ2v) is 5.45. The minimum absolute atomic E-state index is 0.164. The van der Waals surface area contributed by atoms with Gasteiger partial charge >= 0.3 is 0 Å². The van der Waals surface area contributed by atoms with E-state index < -0.39 is 11.6 Å². The van der Waals surface area contributed by atoms with Gasteiger partial charge in [-0.2, -0.15) is 0 Å². The third-order valence-electron chi connectivity index (χ3n) is 3.91. The van der Waals surface area contributed by atoms with E-state index in [1.165, 1.54) is 12.1 Å². The maximum Gasteiger partial charge on any atom is 0.126 e. The first kappa shape index (κ1) is 15.4. The van der Waals surface area contributed by atoms with E-state index in [9.17, 15) is 8.78 Å². The average molecular weight is 284 g/mol. The molecule has 5 heteroatoms. The molecule has 0 aromatic heterocycles. The molecule has 1 aromatic carbocycles. The molecule has 1 atom stereocenters. The molecule has 1 fully saturated rings. The molecule has 0 spiro atoms. The van der Waals surface area contributed by atoms with Crippen LogP contribution in [0.2, 0.25) is 0 Å². The molecule has 0 radical (unpaired) electrons. The summed E-state index contributed by atoms with van der Waals surface area (Å²) < 4.78 is 32.0. The highest BCUT2D eigenvalue weighted by Gasteiger charge is 2.22. The molecule has 0 aliphatic carbocycles. The Kier molecular flexibility index (Phi) is 5.46. The minimum Gasteiger partial charge on any atom is -0.381 e. The van der Waals surface area contributed by atoms with Crippen LogP contribution in [0.1, 0.15) is 24.4 Å². The lowest BCUT2D eigenvalue weighted by Crippen LogP contribution is -2.36. The average Bonchev–Trinajstić information content (AvgIpc) is 2.39. The zero-order valence-corrected chi connectivity index (χ0v) is 11.8. The normalized spacial score (nSPS) is 18.4. The summed E-state index contributed by atoms with van der Waals surface area (Å²) >= 11 is 0. The van der Waals surface area contributed by atoms with Crippen LogP contribution in [0.25, 0.3) is 0 Å². The maximum atomic E-state index is 13.3. The number of benzene rings is 1. The van der Waals surface area contributed by atoms with Crippen LogP contribution in [0, 0.1) is 17.6 Å². The topological polar surface area (TPSA) is 38.5 Å². The maximum absolute atomic E-state index is 13.3. The highest BCUT2D eigenvalue weighted by atomic mass is 19.1. The van der Waals surface area contributed by atoms with E-state index in [0.29, 0.717) is 18.0 Å². The first-order valence-corrected chi connectivity index (χ1v) is 7.04. The molecular formula is C15H22F2N2O. The van der Waals surface area contributed by atoms with E-state index in [4.69, 9.17) is 10.5 Å². The molecule has 0 bridgehead atoms. The molecule has 1 saturated heterocycles. The van der Waals surface area contributed by atoms with Crippen molar-refractivity contribution in [1.29, 1.82) is 0 Å². The van der Waals surface area contributed by atoms with Gasteiger partial charge in [-0.25, -0.2) is 8.78 Å². The molecule has 1 unspecified atom stereocenters. The van der Waals surface area contributed by atoms with Gasteiger partial charge in [0.05, 0.1) is 0 Å². The van der Waals surface area contributed by atoms with E-state index in [1.807, 2.05) is 7.05 Å². The van der Waals surface area contributed by atoms with Crippen LogP contribution in [-0.4, -0.2) is 38.3 Å². The third kappa shape index (κ3) is 3.98. The van der Waals surface area contributed by atoms with Gasteiger partial charge in [-0.15, -0.1) is 0 Å². The number of nitrogens with zero attached hydrogens (tertiary/aromatic N) is 1. The summed E-state index contributed by atoms with van der Waals surface area (Å²) in [5.74, 6) is -0.558. The Balaban J connectivity index is 2.05. The number of ether oxygens (including phenoxy) is 1. The van der Waals surface area contributed by atoms with Crippen molar-refractivity contribution in [3.63, 3.8) is 0 Å². The molecule has 2 N–H and O–H groups in total. The van der Waals surface area contributed by atoms with Crippen LogP contribution >= 0.6 is 0 Å². The summed E-state index contributed by atoms with van der Waals surface area (Å²) in [4.78, 5) is 2.09. The molecule has 0 saturated carbocycles. The molecular weight excluding hydrogens is 262 g/mol. The lowest BCUT2D eigenvalue weighted by Gasteiger charge is -2.32. The second-order valence-electron chi connectivity index (χ2n) is 5.45. The van der Waals surface area contributed by atoms with Gasteiger partial charge in [0.2, 0.25) is 0 Å². The predicted molar refractivity (Wildman–Crippen MR) is 74.3 cm³/mol. The SMILES string of the molecule is CN(CC1CCOCC1)C(CN)c1cc(F)cc(F)c1. The molecule has 2 rings (SSSR count). The number of rotatable bonds is 5. The van der Waals surface area contributed by atoms with Gasteiger partial charge < -0.3 is 10.5 Å². The Labute approximate surface area is 118 Å². The van der Waals surface area contributed by atoms with Gasteiger partial charge in [0.25, 0.3) is 0 Å². The lowest BCUT2D eigenvalue weighted by atomic mass is 9.97. The highest BCUT2D eigenvalue weighted by Crippen LogP contribution is 2.24. The zero-order chi connectivity index (χ0) is 14.5. The van der Waals surface area contributed by atoms with Gasteiger partial charge in [-0.05, 0) is 43.5 Å². The molecule has 1 aliphatic heterocycles. The van der Waals surface area contributed by atoms with Gasteiger partial charge in [0, 0.05) is 38.4 Å². The summed E-state index contributed by atoms with van der Waals surface area (Å²) in [5, 5.41) is 0. The van der Waals surface area contributed by atoms with Gasteiger partial charge in [0.1, 0.15) is 11.6 Å². The number of likely N-dealkylation sites (N-methyl/N-ethyl adjacent to an activating group) is 1. The van der Waals surface area contributed by atoms with Crippen molar-refractivity contribution in [1.82, 2.24) is 4.90 Å². The predicted octanol–water partition coefficient (Wildman–Crippen LogP) is 2.32. The van der Waals surface area contributed by atoms with Crippen molar-refractivity contribution < 1.29 is 13.5 Å². The Hall–Kier alpha value is -1.04. The van der Waals surface area contributed by atoms with E-state index in [2.05, 4.69) is 4.90 Å². The monoisotopic (exact) mass is 284 g/mol. The van der Waals surface area contributed by atoms with Crippen molar-refractivity contribution in [3.8, 4) is 0 Å².